The van der Waals surface area contributed by atoms with E-state index in [4.69, 9.17) is 4.42 Å². The average molecular weight is 480 g/mol. The number of carbonyl (C=O) groups is 1. The first-order valence-electron chi connectivity index (χ1n) is 9.96. The highest BCUT2D eigenvalue weighted by Gasteiger charge is 2.39. The molecule has 3 aromatic rings. The van der Waals surface area contributed by atoms with E-state index in [-0.39, 0.29) is 18.0 Å². The molecule has 12 heteroatoms. The quantitative estimate of drug-likeness (QED) is 0.581. The predicted octanol–water partition coefficient (Wildman–Crippen LogP) is 3.22. The number of alkyl halides is 3. The van der Waals surface area contributed by atoms with Crippen LogP contribution in [0.1, 0.15) is 24.1 Å². The monoisotopic (exact) mass is 480 g/mol. The Labute approximate surface area is 187 Å². The fourth-order valence-electron chi connectivity index (χ4n) is 3.60. The predicted molar refractivity (Wildman–Crippen MR) is 110 cm³/mol. The number of sulfonamides is 1. The number of benzene rings is 1. The van der Waals surface area contributed by atoms with Crippen molar-refractivity contribution in [1.82, 2.24) is 19.6 Å². The lowest BCUT2D eigenvalue weighted by atomic mass is 10.1. The third-order valence-electron chi connectivity index (χ3n) is 5.28. The van der Waals surface area contributed by atoms with Crippen LogP contribution < -0.4 is 5.32 Å². The van der Waals surface area contributed by atoms with Crippen molar-refractivity contribution < 1.29 is 30.8 Å². The lowest BCUT2D eigenvalue weighted by molar-refractivity contribution is -0.137. The molecule has 1 saturated heterocycles. The maximum Gasteiger partial charge on any atom is 0.416 e. The van der Waals surface area contributed by atoms with E-state index < -0.39 is 33.7 Å². The third kappa shape index (κ3) is 4.91. The Bertz CT molecular complexity index is 1230. The number of halogens is 3. The Kier molecular flexibility index (Phi) is 6.21. The van der Waals surface area contributed by atoms with Gasteiger partial charge in [-0.05, 0) is 37.1 Å². The second kappa shape index (κ2) is 8.94. The van der Waals surface area contributed by atoms with Crippen LogP contribution in [0.4, 0.5) is 13.2 Å². The first-order chi connectivity index (χ1) is 15.7. The molecule has 1 amide bonds. The minimum Gasteiger partial charge on any atom is -0.471 e. The van der Waals surface area contributed by atoms with Gasteiger partial charge in [-0.1, -0.05) is 12.1 Å². The minimum absolute atomic E-state index is 0.00505. The number of hydrogen-bond donors (Lipinski definition) is 1. The Balaban J connectivity index is 1.44. The van der Waals surface area contributed by atoms with Crippen LogP contribution >= 0.6 is 0 Å². The van der Waals surface area contributed by atoms with E-state index in [1.807, 2.05) is 0 Å². The number of amides is 1. The Morgan fingerprint density at radius 2 is 1.94 bits per heavy atom. The van der Waals surface area contributed by atoms with E-state index in [2.05, 4.69) is 15.3 Å². The molecule has 33 heavy (non-hydrogen) atoms. The third-order valence-corrected chi connectivity index (χ3v) is 7.17. The van der Waals surface area contributed by atoms with Crippen molar-refractivity contribution in [3.63, 3.8) is 0 Å². The van der Waals surface area contributed by atoms with E-state index in [1.165, 1.54) is 30.8 Å². The molecule has 0 bridgehead atoms. The van der Waals surface area contributed by atoms with Crippen LogP contribution in [0.3, 0.4) is 0 Å². The Morgan fingerprint density at radius 3 is 2.61 bits per heavy atom. The molecule has 1 aliphatic heterocycles. The molecule has 1 aromatic carbocycles. The van der Waals surface area contributed by atoms with Crippen molar-refractivity contribution in [1.29, 1.82) is 0 Å². The highest BCUT2D eigenvalue weighted by atomic mass is 32.2. The molecule has 1 fully saturated rings. The van der Waals surface area contributed by atoms with E-state index in [9.17, 15) is 26.4 Å². The number of nitrogens with one attached hydrogen (secondary N) is 1. The van der Waals surface area contributed by atoms with Crippen LogP contribution in [0.15, 0.2) is 64.6 Å². The maximum atomic E-state index is 12.8. The number of aromatic nitrogens is 2. The molecular weight excluding hydrogens is 461 g/mol. The lowest BCUT2D eigenvalue weighted by Gasteiger charge is -2.22. The zero-order valence-corrected chi connectivity index (χ0v) is 17.9. The fourth-order valence-corrected chi connectivity index (χ4v) is 5.18. The summed E-state index contributed by atoms with van der Waals surface area (Å²) in [5.74, 6) is -0.464. The minimum atomic E-state index is -4.43. The summed E-state index contributed by atoms with van der Waals surface area (Å²) in [5.41, 5.74) is 0.522. The first kappa shape index (κ1) is 22.9. The van der Waals surface area contributed by atoms with Gasteiger partial charge in [0.15, 0.2) is 0 Å². The molecule has 0 saturated carbocycles. The largest absolute Gasteiger partial charge is 0.471 e. The molecule has 1 atom stereocenters. The molecular formula is C21H19F3N4O4S. The first-order valence-corrected chi connectivity index (χ1v) is 11.4. The second-order valence-electron chi connectivity index (χ2n) is 7.42. The number of hydrogen-bond acceptors (Lipinski definition) is 6. The van der Waals surface area contributed by atoms with Gasteiger partial charge in [-0.15, -0.1) is 0 Å². The summed E-state index contributed by atoms with van der Waals surface area (Å²) in [5, 5.41) is 2.69. The number of carbonyl (C=O) groups excluding carboxylic acids is 1. The van der Waals surface area contributed by atoms with Gasteiger partial charge >= 0.3 is 6.18 Å². The van der Waals surface area contributed by atoms with Crippen molar-refractivity contribution in [3.8, 4) is 11.3 Å². The van der Waals surface area contributed by atoms with Crippen LogP contribution in [0.2, 0.25) is 0 Å². The Morgan fingerprint density at radius 1 is 1.18 bits per heavy atom. The van der Waals surface area contributed by atoms with Crippen LogP contribution in [-0.2, 0) is 27.5 Å². The molecule has 0 unspecified atom stereocenters. The molecule has 4 rings (SSSR count). The van der Waals surface area contributed by atoms with E-state index in [0.29, 0.717) is 29.8 Å². The topological polar surface area (TPSA) is 105 Å². The van der Waals surface area contributed by atoms with Gasteiger partial charge < -0.3 is 9.73 Å². The van der Waals surface area contributed by atoms with E-state index in [1.54, 1.807) is 6.07 Å². The average Bonchev–Trinajstić information content (AvgIpc) is 3.50. The van der Waals surface area contributed by atoms with Crippen LogP contribution in [0.5, 0.6) is 0 Å². The van der Waals surface area contributed by atoms with Crippen LogP contribution in [0, 0.1) is 0 Å². The molecule has 3 heterocycles. The molecule has 2 aromatic heterocycles. The van der Waals surface area contributed by atoms with Gasteiger partial charge in [0.25, 0.3) is 0 Å². The van der Waals surface area contributed by atoms with Crippen molar-refractivity contribution in [2.24, 2.45) is 0 Å². The normalized spacial score (nSPS) is 17.2. The highest BCUT2D eigenvalue weighted by Crippen LogP contribution is 2.31. The second-order valence-corrected chi connectivity index (χ2v) is 9.31. The van der Waals surface area contributed by atoms with Gasteiger partial charge in [0.2, 0.25) is 15.9 Å². The lowest BCUT2D eigenvalue weighted by Crippen LogP contribution is -2.45. The summed E-state index contributed by atoms with van der Waals surface area (Å²) < 4.78 is 69.8. The molecule has 0 aliphatic carbocycles. The van der Waals surface area contributed by atoms with E-state index in [0.717, 1.165) is 22.7 Å². The summed E-state index contributed by atoms with van der Waals surface area (Å²) in [4.78, 5) is 20.9. The fraction of sp³-hybridized carbons (Fsp3) is 0.286. The van der Waals surface area contributed by atoms with Crippen molar-refractivity contribution in [2.45, 2.75) is 36.5 Å². The molecule has 0 radical (unpaired) electrons. The summed E-state index contributed by atoms with van der Waals surface area (Å²) in [7, 11) is -3.86. The zero-order chi connectivity index (χ0) is 23.6. The van der Waals surface area contributed by atoms with Gasteiger partial charge in [-0.3, -0.25) is 4.79 Å². The molecule has 8 nitrogen and oxygen atoms in total. The van der Waals surface area contributed by atoms with Gasteiger partial charge in [0, 0.05) is 12.1 Å². The van der Waals surface area contributed by atoms with Gasteiger partial charge in [0.05, 0.1) is 29.8 Å². The number of furan rings is 1. The van der Waals surface area contributed by atoms with E-state index >= 15 is 0 Å². The smallest absolute Gasteiger partial charge is 0.416 e. The van der Waals surface area contributed by atoms with Crippen molar-refractivity contribution in [3.05, 3.63) is 66.5 Å². The number of nitrogens with zero attached hydrogens (tertiary/aromatic N) is 3. The maximum absolute atomic E-state index is 12.8. The molecule has 1 aliphatic rings. The summed E-state index contributed by atoms with van der Waals surface area (Å²) in [6, 6.07) is 6.57. The molecule has 0 spiro atoms. The van der Waals surface area contributed by atoms with Crippen molar-refractivity contribution >= 4 is 15.9 Å². The van der Waals surface area contributed by atoms with Gasteiger partial charge in [-0.2, -0.15) is 17.5 Å². The summed E-state index contributed by atoms with van der Waals surface area (Å²) >= 11 is 0. The Hall–Kier alpha value is -3.25. The summed E-state index contributed by atoms with van der Waals surface area (Å²) in [6.07, 6.45) is 0.108. The zero-order valence-electron chi connectivity index (χ0n) is 17.1. The SMILES string of the molecule is O=C(NCc1cc(-c2ccc(C(F)(F)F)cc2)ncn1)[C@@H]1CCCN1S(=O)(=O)c1ccoc1. The highest BCUT2D eigenvalue weighted by molar-refractivity contribution is 7.89. The number of rotatable bonds is 6. The molecule has 174 valence electrons. The van der Waals surface area contributed by atoms with Crippen molar-refractivity contribution in [2.75, 3.05) is 6.54 Å². The molecule has 1 N–H and O–H groups in total. The standard InChI is InChI=1S/C21H19F3N4O4S/c22-21(23,24)15-5-3-14(4-6-15)18-10-16(26-13-27-18)11-25-20(29)19-2-1-8-28(19)33(30,31)17-7-9-32-12-17/h3-7,9-10,12-13,19H,1-2,8,11H2,(H,25,29)/t19-/m0/s1. The van der Waals surface area contributed by atoms with Crippen LogP contribution in [-0.4, -0.2) is 41.2 Å². The summed E-state index contributed by atoms with van der Waals surface area (Å²) in [6.45, 7) is 0.224. The van der Waals surface area contributed by atoms with Gasteiger partial charge in [0.1, 0.15) is 23.5 Å². The van der Waals surface area contributed by atoms with Crippen LogP contribution in [0.25, 0.3) is 11.3 Å². The van der Waals surface area contributed by atoms with Gasteiger partial charge in [-0.25, -0.2) is 18.4 Å².